The van der Waals surface area contributed by atoms with Crippen LogP contribution >= 0.6 is 11.3 Å². The van der Waals surface area contributed by atoms with E-state index in [4.69, 9.17) is 5.26 Å². The van der Waals surface area contributed by atoms with Gasteiger partial charge in [0, 0.05) is 4.88 Å². The first-order valence-electron chi connectivity index (χ1n) is 4.18. The number of hydrogen-bond donors (Lipinski definition) is 0. The molecule has 0 radical (unpaired) electrons. The predicted molar refractivity (Wildman–Crippen MR) is 57.6 cm³/mol. The fourth-order valence-corrected chi connectivity index (χ4v) is 1.48. The molecule has 3 heteroatoms. The van der Waals surface area contributed by atoms with Crippen molar-refractivity contribution in [2.24, 2.45) is 0 Å². The van der Waals surface area contributed by atoms with Gasteiger partial charge < -0.3 is 0 Å². The Bertz CT molecular complexity index is 312. The van der Waals surface area contributed by atoms with Crippen LogP contribution in [-0.4, -0.2) is 4.98 Å². The summed E-state index contributed by atoms with van der Waals surface area (Å²) in [6, 6.07) is 1.98. The minimum atomic E-state index is 0.450. The van der Waals surface area contributed by atoms with Crippen LogP contribution in [0.4, 0.5) is 0 Å². The molecule has 0 aromatic carbocycles. The summed E-state index contributed by atoms with van der Waals surface area (Å²) in [4.78, 5) is 5.33. The maximum atomic E-state index is 8.51. The molecule has 0 fully saturated rings. The molecular formula is C10H14N2S. The number of nitriles is 1. The van der Waals surface area contributed by atoms with E-state index in [-0.39, 0.29) is 0 Å². The van der Waals surface area contributed by atoms with Gasteiger partial charge in [0.15, 0.2) is 0 Å². The zero-order valence-corrected chi connectivity index (χ0v) is 9.33. The van der Waals surface area contributed by atoms with E-state index in [1.165, 1.54) is 11.3 Å². The van der Waals surface area contributed by atoms with Gasteiger partial charge in [0.2, 0.25) is 0 Å². The summed E-state index contributed by atoms with van der Waals surface area (Å²) in [5, 5.41) is 9.24. The maximum absolute atomic E-state index is 8.51. The third-order valence-electron chi connectivity index (χ3n) is 1.42. The van der Waals surface area contributed by atoms with Crippen LogP contribution in [0.15, 0.2) is 6.58 Å². The fraction of sp³-hybridized carbons (Fsp3) is 0.400. The van der Waals surface area contributed by atoms with Gasteiger partial charge in [-0.2, -0.15) is 5.26 Å². The molecule has 0 saturated heterocycles. The van der Waals surface area contributed by atoms with Gasteiger partial charge in [0.25, 0.3) is 0 Å². The second kappa shape index (κ2) is 5.50. The van der Waals surface area contributed by atoms with E-state index in [9.17, 15) is 0 Å². The second-order valence-electron chi connectivity index (χ2n) is 2.25. The average molecular weight is 194 g/mol. The molecule has 1 aromatic heterocycles. The fourth-order valence-electron chi connectivity index (χ4n) is 0.650. The standard InChI is InChI=1S/C8H8N2S.C2H6/c1-5(4-9)8-10-6(2)7(3)11-8;1-2/h1H2,2-3H3;1-2H3. The first kappa shape index (κ1) is 11.9. The number of aromatic nitrogens is 1. The summed E-state index contributed by atoms with van der Waals surface area (Å²) in [5.74, 6) is 0. The molecule has 0 N–H and O–H groups in total. The van der Waals surface area contributed by atoms with Crippen LogP contribution in [0.25, 0.3) is 5.57 Å². The van der Waals surface area contributed by atoms with Gasteiger partial charge in [-0.25, -0.2) is 4.98 Å². The van der Waals surface area contributed by atoms with Crippen LogP contribution in [0.1, 0.15) is 29.4 Å². The molecule has 0 aliphatic heterocycles. The third kappa shape index (κ3) is 3.00. The Hall–Kier alpha value is -1.14. The van der Waals surface area contributed by atoms with Gasteiger partial charge in [-0.1, -0.05) is 20.4 Å². The van der Waals surface area contributed by atoms with Gasteiger partial charge in [-0.15, -0.1) is 11.3 Å². The zero-order chi connectivity index (χ0) is 10.4. The highest BCUT2D eigenvalue weighted by Gasteiger charge is 2.05. The third-order valence-corrected chi connectivity index (χ3v) is 2.55. The van der Waals surface area contributed by atoms with E-state index < -0.39 is 0 Å². The van der Waals surface area contributed by atoms with Crippen molar-refractivity contribution in [1.29, 1.82) is 5.26 Å². The summed E-state index contributed by atoms with van der Waals surface area (Å²) in [6.07, 6.45) is 0. The van der Waals surface area contributed by atoms with Crippen molar-refractivity contribution >= 4 is 16.9 Å². The molecule has 70 valence electrons. The number of hydrogen-bond acceptors (Lipinski definition) is 3. The predicted octanol–water partition coefficient (Wildman–Crippen LogP) is 3.32. The van der Waals surface area contributed by atoms with Gasteiger partial charge in [-0.3, -0.25) is 0 Å². The Balaban J connectivity index is 0.000000671. The summed E-state index contributed by atoms with van der Waals surface area (Å²) in [6.45, 7) is 11.5. The molecule has 0 aliphatic rings. The first-order valence-corrected chi connectivity index (χ1v) is 5.00. The minimum absolute atomic E-state index is 0.450. The molecular weight excluding hydrogens is 180 g/mol. The van der Waals surface area contributed by atoms with Gasteiger partial charge >= 0.3 is 0 Å². The lowest BCUT2D eigenvalue weighted by Crippen LogP contribution is -1.77. The molecule has 0 aliphatic carbocycles. The number of rotatable bonds is 1. The average Bonchev–Trinajstić information content (AvgIpc) is 2.49. The minimum Gasteiger partial charge on any atom is -0.240 e. The Labute approximate surface area is 83.6 Å². The lowest BCUT2D eigenvalue weighted by atomic mass is 10.3. The monoisotopic (exact) mass is 194 g/mol. The molecule has 1 rings (SSSR count). The molecule has 0 amide bonds. The van der Waals surface area contributed by atoms with E-state index >= 15 is 0 Å². The van der Waals surface area contributed by atoms with Crippen LogP contribution < -0.4 is 0 Å². The molecule has 0 spiro atoms. The second-order valence-corrected chi connectivity index (χ2v) is 3.45. The summed E-state index contributed by atoms with van der Waals surface area (Å²) in [7, 11) is 0. The highest BCUT2D eigenvalue weighted by molar-refractivity contribution is 7.12. The van der Waals surface area contributed by atoms with Gasteiger partial charge in [-0.05, 0) is 13.8 Å². The molecule has 13 heavy (non-hydrogen) atoms. The summed E-state index contributed by atoms with van der Waals surface area (Å²) in [5.41, 5.74) is 1.44. The topological polar surface area (TPSA) is 36.7 Å². The maximum Gasteiger partial charge on any atom is 0.133 e. The molecule has 0 atom stereocenters. The van der Waals surface area contributed by atoms with Crippen LogP contribution in [0, 0.1) is 25.2 Å². The molecule has 0 bridgehead atoms. The Morgan fingerprint density at radius 2 is 2.00 bits per heavy atom. The lowest BCUT2D eigenvalue weighted by Gasteiger charge is -1.83. The number of aryl methyl sites for hydroxylation is 2. The van der Waals surface area contributed by atoms with E-state index in [0.717, 1.165) is 15.6 Å². The van der Waals surface area contributed by atoms with Crippen molar-refractivity contribution < 1.29 is 0 Å². The largest absolute Gasteiger partial charge is 0.240 e. The van der Waals surface area contributed by atoms with Crippen molar-refractivity contribution in [2.75, 3.05) is 0 Å². The van der Waals surface area contributed by atoms with Crippen molar-refractivity contribution in [2.45, 2.75) is 27.7 Å². The molecule has 2 nitrogen and oxygen atoms in total. The van der Waals surface area contributed by atoms with E-state index in [1.54, 1.807) is 0 Å². The summed E-state index contributed by atoms with van der Waals surface area (Å²) < 4.78 is 0. The highest BCUT2D eigenvalue weighted by atomic mass is 32.1. The lowest BCUT2D eigenvalue weighted by molar-refractivity contribution is 1.21. The Morgan fingerprint density at radius 3 is 2.31 bits per heavy atom. The number of nitrogens with zero attached hydrogens (tertiary/aromatic N) is 2. The molecule has 1 heterocycles. The van der Waals surface area contributed by atoms with E-state index in [1.807, 2.05) is 33.8 Å². The highest BCUT2D eigenvalue weighted by Crippen LogP contribution is 2.21. The molecule has 0 saturated carbocycles. The van der Waals surface area contributed by atoms with Crippen molar-refractivity contribution in [1.82, 2.24) is 4.98 Å². The van der Waals surface area contributed by atoms with Gasteiger partial charge in [0.1, 0.15) is 11.1 Å². The smallest absolute Gasteiger partial charge is 0.133 e. The number of thiazole rings is 1. The Kier molecular flexibility index (Phi) is 5.01. The van der Waals surface area contributed by atoms with Crippen LogP contribution in [0.5, 0.6) is 0 Å². The Morgan fingerprint density at radius 1 is 1.46 bits per heavy atom. The van der Waals surface area contributed by atoms with Crippen molar-refractivity contribution in [3.8, 4) is 6.07 Å². The van der Waals surface area contributed by atoms with Crippen LogP contribution in [0.3, 0.4) is 0 Å². The van der Waals surface area contributed by atoms with Gasteiger partial charge in [0.05, 0.1) is 11.3 Å². The van der Waals surface area contributed by atoms with Crippen LogP contribution in [-0.2, 0) is 0 Å². The zero-order valence-electron chi connectivity index (χ0n) is 8.51. The van der Waals surface area contributed by atoms with Crippen molar-refractivity contribution in [3.63, 3.8) is 0 Å². The first-order chi connectivity index (χ1) is 6.15. The molecule has 0 unspecified atom stereocenters. The normalized spacial score (nSPS) is 8.23. The quantitative estimate of drug-likeness (QED) is 0.643. The van der Waals surface area contributed by atoms with E-state index in [0.29, 0.717) is 5.57 Å². The van der Waals surface area contributed by atoms with Crippen LogP contribution in [0.2, 0.25) is 0 Å². The SMILES string of the molecule is C=C(C#N)c1nc(C)c(C)s1.CC. The summed E-state index contributed by atoms with van der Waals surface area (Å²) >= 11 is 1.51. The van der Waals surface area contributed by atoms with E-state index in [2.05, 4.69) is 11.6 Å². The molecule has 1 aromatic rings. The van der Waals surface area contributed by atoms with Crippen molar-refractivity contribution in [3.05, 3.63) is 22.2 Å². The number of allylic oxidation sites excluding steroid dienone is 1.